The van der Waals surface area contributed by atoms with Crippen LogP contribution in [0.5, 0.6) is 0 Å². The first-order chi connectivity index (χ1) is 10.2. The van der Waals surface area contributed by atoms with Crippen LogP contribution < -0.4 is 0 Å². The highest BCUT2D eigenvalue weighted by Gasteiger charge is 2.09. The van der Waals surface area contributed by atoms with Crippen LogP contribution in [-0.2, 0) is 4.74 Å². The average molecular weight is 278 g/mol. The quantitative estimate of drug-likeness (QED) is 0.716. The number of methoxy groups -OCH3 is 1. The molecule has 3 heteroatoms. The zero-order valence-corrected chi connectivity index (χ0v) is 12.5. The summed E-state index contributed by atoms with van der Waals surface area (Å²) in [5.74, 6) is 0.790. The van der Waals surface area contributed by atoms with Gasteiger partial charge < -0.3 is 4.74 Å². The molecule has 3 rings (SSSR count). The van der Waals surface area contributed by atoms with Crippen molar-refractivity contribution in [2.75, 3.05) is 7.11 Å². The van der Waals surface area contributed by atoms with Crippen molar-refractivity contribution in [2.45, 2.75) is 20.0 Å². The van der Waals surface area contributed by atoms with E-state index in [9.17, 15) is 0 Å². The molecule has 0 unspecified atom stereocenters. The topological polar surface area (TPSA) is 35.0 Å². The van der Waals surface area contributed by atoms with E-state index in [1.54, 1.807) is 7.11 Å². The monoisotopic (exact) mass is 278 g/mol. The van der Waals surface area contributed by atoms with Gasteiger partial charge in [-0.25, -0.2) is 9.97 Å². The van der Waals surface area contributed by atoms with Gasteiger partial charge in [0.05, 0.1) is 17.3 Å². The summed E-state index contributed by atoms with van der Waals surface area (Å²) in [7, 11) is 1.72. The summed E-state index contributed by atoms with van der Waals surface area (Å²) < 4.78 is 5.35. The van der Waals surface area contributed by atoms with E-state index in [2.05, 4.69) is 40.3 Å². The average Bonchev–Trinajstić information content (AvgIpc) is 2.53. The van der Waals surface area contributed by atoms with Crippen LogP contribution in [0.15, 0.2) is 48.5 Å². The van der Waals surface area contributed by atoms with Crippen molar-refractivity contribution in [1.82, 2.24) is 9.97 Å². The Morgan fingerprint density at radius 2 is 1.67 bits per heavy atom. The summed E-state index contributed by atoms with van der Waals surface area (Å²) in [5.41, 5.74) is 4.23. The summed E-state index contributed by atoms with van der Waals surface area (Å²) in [6.07, 6.45) is 0.0999. The van der Waals surface area contributed by atoms with E-state index in [1.165, 1.54) is 0 Å². The molecule has 0 amide bonds. The van der Waals surface area contributed by atoms with Crippen molar-refractivity contribution in [3.05, 3.63) is 59.9 Å². The lowest BCUT2D eigenvalue weighted by Gasteiger charge is -2.11. The first-order valence-corrected chi connectivity index (χ1v) is 7.05. The maximum Gasteiger partial charge on any atom is 0.126 e. The maximum atomic E-state index is 5.35. The fourth-order valence-electron chi connectivity index (χ4n) is 2.46. The summed E-state index contributed by atoms with van der Waals surface area (Å²) >= 11 is 0. The summed E-state index contributed by atoms with van der Waals surface area (Å²) in [6.45, 7) is 3.97. The van der Waals surface area contributed by atoms with E-state index < -0.39 is 0 Å². The van der Waals surface area contributed by atoms with Gasteiger partial charge in [0.1, 0.15) is 5.82 Å². The summed E-state index contributed by atoms with van der Waals surface area (Å²) in [6, 6.07) is 16.5. The smallest absolute Gasteiger partial charge is 0.126 e. The highest BCUT2D eigenvalue weighted by atomic mass is 16.5. The van der Waals surface area contributed by atoms with Gasteiger partial charge in [0.25, 0.3) is 0 Å². The summed E-state index contributed by atoms with van der Waals surface area (Å²) in [4.78, 5) is 9.11. The van der Waals surface area contributed by atoms with Crippen molar-refractivity contribution >= 4 is 10.9 Å². The molecule has 0 aliphatic carbocycles. The number of benzene rings is 2. The van der Waals surface area contributed by atoms with Crippen LogP contribution in [-0.4, -0.2) is 17.1 Å². The fraction of sp³-hybridized carbons (Fsp3) is 0.222. The van der Waals surface area contributed by atoms with E-state index in [-0.39, 0.29) is 6.10 Å². The molecule has 0 aliphatic heterocycles. The van der Waals surface area contributed by atoms with Crippen LogP contribution >= 0.6 is 0 Å². The molecule has 1 aromatic heterocycles. The second kappa shape index (κ2) is 5.62. The Balaban J connectivity index is 2.12. The van der Waals surface area contributed by atoms with Gasteiger partial charge in [0.2, 0.25) is 0 Å². The number of rotatable bonds is 3. The van der Waals surface area contributed by atoms with Crippen molar-refractivity contribution in [2.24, 2.45) is 0 Å². The van der Waals surface area contributed by atoms with Crippen LogP contribution in [0.2, 0.25) is 0 Å². The van der Waals surface area contributed by atoms with Crippen LogP contribution in [0.1, 0.15) is 24.4 Å². The van der Waals surface area contributed by atoms with E-state index in [0.29, 0.717) is 0 Å². The number of fused-ring (bicyclic) bond motifs is 1. The molecule has 3 aromatic rings. The molecule has 0 aliphatic rings. The number of aryl methyl sites for hydroxylation is 1. The molecule has 106 valence electrons. The van der Waals surface area contributed by atoms with Crippen LogP contribution in [0.4, 0.5) is 0 Å². The number of hydrogen-bond acceptors (Lipinski definition) is 3. The van der Waals surface area contributed by atoms with Gasteiger partial charge in [-0.15, -0.1) is 0 Å². The number of aromatic nitrogens is 2. The lowest BCUT2D eigenvalue weighted by Crippen LogP contribution is -1.97. The van der Waals surface area contributed by atoms with Gasteiger partial charge in [0.15, 0.2) is 0 Å². The molecule has 0 saturated carbocycles. The number of para-hydroxylation sites is 1. The Bertz CT molecular complexity index is 766. The Kier molecular flexibility index (Phi) is 3.67. The Hall–Kier alpha value is -2.26. The Labute approximate surface area is 124 Å². The molecule has 0 N–H and O–H groups in total. The molecule has 0 radical (unpaired) electrons. The van der Waals surface area contributed by atoms with Crippen LogP contribution in [0, 0.1) is 6.92 Å². The number of nitrogens with zero attached hydrogens (tertiary/aromatic N) is 2. The fourth-order valence-corrected chi connectivity index (χ4v) is 2.46. The normalized spacial score (nSPS) is 12.5. The molecule has 1 heterocycles. The zero-order chi connectivity index (χ0) is 14.8. The Morgan fingerprint density at radius 3 is 2.38 bits per heavy atom. The minimum Gasteiger partial charge on any atom is -0.377 e. The molecular weight excluding hydrogens is 260 g/mol. The molecule has 3 nitrogen and oxygen atoms in total. The first-order valence-electron chi connectivity index (χ1n) is 7.05. The van der Waals surface area contributed by atoms with E-state index >= 15 is 0 Å². The van der Waals surface area contributed by atoms with E-state index in [1.807, 2.05) is 32.0 Å². The summed E-state index contributed by atoms with van der Waals surface area (Å²) in [5, 5.41) is 1.08. The van der Waals surface area contributed by atoms with Crippen molar-refractivity contribution in [3.63, 3.8) is 0 Å². The molecule has 2 aromatic carbocycles. The predicted molar refractivity (Wildman–Crippen MR) is 85.1 cm³/mol. The minimum atomic E-state index is 0.0999. The largest absolute Gasteiger partial charge is 0.377 e. The first kappa shape index (κ1) is 13.7. The molecule has 0 spiro atoms. The second-order valence-electron chi connectivity index (χ2n) is 5.14. The van der Waals surface area contributed by atoms with Gasteiger partial charge in [-0.2, -0.15) is 0 Å². The van der Waals surface area contributed by atoms with Gasteiger partial charge in [-0.3, -0.25) is 0 Å². The minimum absolute atomic E-state index is 0.0999. The van der Waals surface area contributed by atoms with Crippen LogP contribution in [0.25, 0.3) is 22.2 Å². The molecular formula is C18H18N2O. The molecule has 0 bridgehead atoms. The highest BCUT2D eigenvalue weighted by Crippen LogP contribution is 2.27. The zero-order valence-electron chi connectivity index (χ0n) is 12.5. The SMILES string of the molecule is CO[C@@H](C)c1ccc(-c2nc(C)nc3ccccc23)cc1. The third-order valence-electron chi connectivity index (χ3n) is 3.72. The Morgan fingerprint density at radius 1 is 0.952 bits per heavy atom. The number of ether oxygens (including phenoxy) is 1. The van der Waals surface area contributed by atoms with Crippen molar-refractivity contribution in [1.29, 1.82) is 0 Å². The van der Waals surface area contributed by atoms with Gasteiger partial charge in [-0.1, -0.05) is 42.5 Å². The lowest BCUT2D eigenvalue weighted by atomic mass is 10.0. The predicted octanol–water partition coefficient (Wildman–Crippen LogP) is 4.31. The van der Waals surface area contributed by atoms with Gasteiger partial charge in [-0.05, 0) is 25.5 Å². The van der Waals surface area contributed by atoms with Gasteiger partial charge >= 0.3 is 0 Å². The van der Waals surface area contributed by atoms with E-state index in [0.717, 1.165) is 33.5 Å². The number of hydrogen-bond donors (Lipinski definition) is 0. The van der Waals surface area contributed by atoms with Crippen molar-refractivity contribution < 1.29 is 4.74 Å². The third-order valence-corrected chi connectivity index (χ3v) is 3.72. The standard InChI is InChI=1S/C18H18N2O/c1-12(21-3)14-8-10-15(11-9-14)18-16-6-4-5-7-17(16)19-13(2)20-18/h4-12H,1-3H3/t12-/m0/s1. The molecule has 0 saturated heterocycles. The highest BCUT2D eigenvalue weighted by molar-refractivity contribution is 5.92. The van der Waals surface area contributed by atoms with Crippen molar-refractivity contribution in [3.8, 4) is 11.3 Å². The molecule has 21 heavy (non-hydrogen) atoms. The van der Waals surface area contributed by atoms with Crippen LogP contribution in [0.3, 0.4) is 0 Å². The molecule has 1 atom stereocenters. The van der Waals surface area contributed by atoms with E-state index in [4.69, 9.17) is 4.74 Å². The third kappa shape index (κ3) is 2.65. The van der Waals surface area contributed by atoms with Gasteiger partial charge in [0, 0.05) is 18.1 Å². The molecule has 0 fully saturated rings. The lowest BCUT2D eigenvalue weighted by molar-refractivity contribution is 0.119. The second-order valence-corrected chi connectivity index (χ2v) is 5.14. The maximum absolute atomic E-state index is 5.35.